The summed E-state index contributed by atoms with van der Waals surface area (Å²) in [7, 11) is 3.60. The van der Waals surface area contributed by atoms with Gasteiger partial charge in [0.15, 0.2) is 5.78 Å². The first-order chi connectivity index (χ1) is 22.2. The number of carbonyl (C=O) groups excluding carboxylic acids is 2. The Balaban J connectivity index is 0.000000295. The van der Waals surface area contributed by atoms with E-state index in [4.69, 9.17) is 10.5 Å². The third-order valence-corrected chi connectivity index (χ3v) is 7.07. The van der Waals surface area contributed by atoms with Crippen molar-refractivity contribution in [2.24, 2.45) is 14.1 Å². The van der Waals surface area contributed by atoms with Gasteiger partial charge in [0.2, 0.25) is 0 Å². The van der Waals surface area contributed by atoms with Crippen molar-refractivity contribution >= 4 is 17.7 Å². The van der Waals surface area contributed by atoms with Gasteiger partial charge in [-0.05, 0) is 89.1 Å². The Morgan fingerprint density at radius 3 is 1.94 bits per heavy atom. The molecule has 0 radical (unpaired) electrons. The van der Waals surface area contributed by atoms with Crippen LogP contribution >= 0.6 is 0 Å². The average Bonchev–Trinajstić information content (AvgIpc) is 3.53. The lowest BCUT2D eigenvalue weighted by Crippen LogP contribution is -2.45. The molecule has 11 nitrogen and oxygen atoms in total. The number of hydrogen-bond donors (Lipinski definition) is 2. The number of carbonyl (C=O) groups is 2. The van der Waals surface area contributed by atoms with Crippen LogP contribution < -0.4 is 11.1 Å². The predicted molar refractivity (Wildman–Crippen MR) is 179 cm³/mol. The first-order valence-electron chi connectivity index (χ1n) is 15.1. The van der Waals surface area contributed by atoms with E-state index in [9.17, 15) is 14.0 Å². The van der Waals surface area contributed by atoms with Crippen LogP contribution in [0.5, 0.6) is 0 Å². The number of hydrogen-bond acceptors (Lipinski definition) is 8. The Bertz CT molecular complexity index is 1820. The van der Waals surface area contributed by atoms with E-state index in [1.165, 1.54) is 12.1 Å². The number of ether oxygens (including phenoxy) is 1. The summed E-state index contributed by atoms with van der Waals surface area (Å²) in [6.45, 7) is 9.11. The van der Waals surface area contributed by atoms with Crippen LogP contribution in [0.2, 0.25) is 0 Å². The topological polar surface area (TPSA) is 143 Å². The van der Waals surface area contributed by atoms with Crippen molar-refractivity contribution in [3.05, 3.63) is 102 Å². The highest BCUT2D eigenvalue weighted by molar-refractivity contribution is 5.89. The normalized spacial score (nSPS) is 11.7. The Labute approximate surface area is 274 Å². The Hall–Kier alpha value is -5.39. The zero-order chi connectivity index (χ0) is 34.3. The first-order valence-corrected chi connectivity index (χ1v) is 15.1. The number of alkyl carbamates (subject to hydrolysis) is 1. The largest absolute Gasteiger partial charge is 0.444 e. The molecule has 246 valence electrons. The highest BCUT2D eigenvalue weighted by atomic mass is 19.1. The van der Waals surface area contributed by atoms with E-state index in [1.807, 2.05) is 57.3 Å². The van der Waals surface area contributed by atoms with E-state index in [0.717, 1.165) is 39.5 Å². The van der Waals surface area contributed by atoms with E-state index < -0.39 is 17.7 Å². The molecule has 1 atom stereocenters. The minimum absolute atomic E-state index is 0.0647. The van der Waals surface area contributed by atoms with E-state index in [2.05, 4.69) is 25.5 Å². The Morgan fingerprint density at radius 2 is 1.43 bits per heavy atom. The summed E-state index contributed by atoms with van der Waals surface area (Å²) in [6, 6.07) is 16.4. The predicted octanol–water partition coefficient (Wildman–Crippen LogP) is 5.55. The van der Waals surface area contributed by atoms with Crippen LogP contribution in [0.4, 0.5) is 15.0 Å². The van der Waals surface area contributed by atoms with E-state index in [0.29, 0.717) is 11.5 Å². The summed E-state index contributed by atoms with van der Waals surface area (Å²) in [5.41, 5.74) is 11.9. The second-order valence-electron chi connectivity index (χ2n) is 12.3. The molecule has 12 heteroatoms. The van der Waals surface area contributed by atoms with Gasteiger partial charge >= 0.3 is 6.09 Å². The third kappa shape index (κ3) is 10.1. The molecule has 0 aliphatic carbocycles. The Kier molecular flexibility index (Phi) is 10.9. The third-order valence-electron chi connectivity index (χ3n) is 7.07. The summed E-state index contributed by atoms with van der Waals surface area (Å²) < 4.78 is 22.0. The monoisotopic (exact) mass is 640 g/mol. The van der Waals surface area contributed by atoms with Crippen LogP contribution in [0.3, 0.4) is 0 Å². The number of rotatable bonds is 8. The van der Waals surface area contributed by atoms with Crippen molar-refractivity contribution < 1.29 is 18.7 Å². The first kappa shape index (κ1) is 34.5. The number of nitrogens with zero attached hydrogens (tertiary/aromatic N) is 6. The zero-order valence-corrected chi connectivity index (χ0v) is 27.8. The number of Topliss-reactive ketones (excluding diaryl/α,β-unsaturated/α-hetero) is 1. The molecule has 5 rings (SSSR count). The van der Waals surface area contributed by atoms with E-state index in [-0.39, 0.29) is 24.4 Å². The van der Waals surface area contributed by atoms with Gasteiger partial charge in [-0.2, -0.15) is 10.2 Å². The minimum Gasteiger partial charge on any atom is -0.444 e. The van der Waals surface area contributed by atoms with Gasteiger partial charge in [-0.15, -0.1) is 0 Å². The van der Waals surface area contributed by atoms with Crippen molar-refractivity contribution in [2.45, 2.75) is 59.1 Å². The molecule has 0 bridgehead atoms. The van der Waals surface area contributed by atoms with Crippen LogP contribution in [0.1, 0.15) is 43.4 Å². The van der Waals surface area contributed by atoms with Crippen LogP contribution in [0, 0.1) is 19.7 Å². The van der Waals surface area contributed by atoms with Crippen molar-refractivity contribution in [3.8, 4) is 22.5 Å². The molecule has 47 heavy (non-hydrogen) atoms. The maximum Gasteiger partial charge on any atom is 0.408 e. The number of halogens is 1. The second-order valence-corrected chi connectivity index (χ2v) is 12.3. The number of amides is 1. The lowest BCUT2D eigenvalue weighted by molar-refractivity contribution is -0.120. The number of nitrogen functional groups attached to an aromatic ring is 1. The SMILES string of the molecule is Cc1cc(-c2cc(CC(=O)[C@H](Cc3ccc(F)cc3)NC(=O)OC(C)(C)C)n(C)n2)ccn1.Cc1cc(-c2cc(N)n(C)n2)ccn1. The fourth-order valence-corrected chi connectivity index (χ4v) is 4.70. The molecule has 4 heterocycles. The van der Waals surface area contributed by atoms with Gasteiger partial charge in [-0.1, -0.05) is 12.1 Å². The molecule has 4 aromatic heterocycles. The number of pyridine rings is 2. The van der Waals surface area contributed by atoms with Crippen LogP contribution in [-0.4, -0.2) is 53.0 Å². The quantitative estimate of drug-likeness (QED) is 0.225. The van der Waals surface area contributed by atoms with Gasteiger partial charge in [0.05, 0.1) is 23.9 Å². The molecule has 0 saturated carbocycles. The van der Waals surface area contributed by atoms with E-state index in [1.54, 1.807) is 61.7 Å². The molecule has 0 saturated heterocycles. The average molecular weight is 641 g/mol. The molecular weight excluding hydrogens is 599 g/mol. The molecule has 1 aromatic carbocycles. The summed E-state index contributed by atoms with van der Waals surface area (Å²) in [5.74, 6) is 0.0931. The summed E-state index contributed by atoms with van der Waals surface area (Å²) in [4.78, 5) is 34.0. The standard InChI is InChI=1S/C25H29FN4O3.C10H12N4/c1-16-12-18(10-11-27-16)21-14-20(30(5)29-21)15-23(31)22(28-24(32)33-25(2,3)4)13-17-6-8-19(26)9-7-17;1-7-5-8(3-4-12-7)9-6-10(11)14(2)13-9/h6-12,14,22H,13,15H2,1-5H3,(H,28,32);3-6H,11H2,1-2H3/t22-;/m0./s1. The fourth-order valence-electron chi connectivity index (χ4n) is 4.70. The Morgan fingerprint density at radius 1 is 0.872 bits per heavy atom. The number of benzene rings is 1. The van der Waals surface area contributed by atoms with Crippen LogP contribution in [-0.2, 0) is 36.5 Å². The summed E-state index contributed by atoms with van der Waals surface area (Å²) in [5, 5.41) is 11.5. The van der Waals surface area contributed by atoms with Gasteiger partial charge in [-0.25, -0.2) is 9.18 Å². The molecular formula is C35H41FN8O3. The lowest BCUT2D eigenvalue weighted by Gasteiger charge is -2.23. The van der Waals surface area contributed by atoms with Gasteiger partial charge in [0.25, 0.3) is 0 Å². The van der Waals surface area contributed by atoms with Crippen molar-refractivity contribution in [2.75, 3.05) is 5.73 Å². The fraction of sp³-hybridized carbons (Fsp3) is 0.314. The number of anilines is 1. The molecule has 0 fully saturated rings. The highest BCUT2D eigenvalue weighted by Crippen LogP contribution is 2.21. The summed E-state index contributed by atoms with van der Waals surface area (Å²) >= 11 is 0. The number of aromatic nitrogens is 6. The molecule has 0 spiro atoms. The maximum absolute atomic E-state index is 13.3. The second kappa shape index (κ2) is 14.8. The number of nitrogens with two attached hydrogens (primary N) is 1. The molecule has 0 aliphatic heterocycles. The van der Waals surface area contributed by atoms with Crippen LogP contribution in [0.25, 0.3) is 22.5 Å². The number of ketones is 1. The molecule has 5 aromatic rings. The zero-order valence-electron chi connectivity index (χ0n) is 27.8. The van der Waals surface area contributed by atoms with Gasteiger partial charge in [0.1, 0.15) is 17.2 Å². The molecule has 0 unspecified atom stereocenters. The van der Waals surface area contributed by atoms with Crippen molar-refractivity contribution in [1.82, 2.24) is 34.8 Å². The lowest BCUT2D eigenvalue weighted by atomic mass is 9.99. The van der Waals surface area contributed by atoms with Gasteiger partial charge in [-0.3, -0.25) is 24.1 Å². The van der Waals surface area contributed by atoms with Crippen molar-refractivity contribution in [1.29, 1.82) is 0 Å². The van der Waals surface area contributed by atoms with Gasteiger partial charge < -0.3 is 15.8 Å². The smallest absolute Gasteiger partial charge is 0.408 e. The highest BCUT2D eigenvalue weighted by Gasteiger charge is 2.26. The number of nitrogens with one attached hydrogen (secondary N) is 1. The maximum atomic E-state index is 13.3. The van der Waals surface area contributed by atoms with E-state index >= 15 is 0 Å². The molecule has 0 aliphatic rings. The van der Waals surface area contributed by atoms with Crippen LogP contribution in [0.15, 0.2) is 73.1 Å². The minimum atomic E-state index is -0.841. The molecule has 3 N–H and O–H groups in total. The summed E-state index contributed by atoms with van der Waals surface area (Å²) in [6.07, 6.45) is 3.09. The molecule has 1 amide bonds. The number of aryl methyl sites for hydroxylation is 4. The van der Waals surface area contributed by atoms with Crippen molar-refractivity contribution in [3.63, 3.8) is 0 Å². The van der Waals surface area contributed by atoms with Gasteiger partial charge in [0, 0.05) is 60.8 Å².